The third kappa shape index (κ3) is 14.5. The van der Waals surface area contributed by atoms with Crippen LogP contribution in [0.5, 0.6) is 0 Å². The lowest BCUT2D eigenvalue weighted by Crippen LogP contribution is -2.62. The van der Waals surface area contributed by atoms with Gasteiger partial charge in [-0.05, 0) is 101 Å². The summed E-state index contributed by atoms with van der Waals surface area (Å²) in [6, 6.07) is -1.04. The molecule has 0 spiro atoms. The van der Waals surface area contributed by atoms with Crippen LogP contribution in [0.1, 0.15) is 126 Å². The minimum absolute atomic E-state index is 0.0255. The Balaban J connectivity index is 1.70. The molecule has 4 rings (SSSR count). The second kappa shape index (κ2) is 25.4. The smallest absolute Gasteiger partial charge is 0.323 e. The van der Waals surface area contributed by atoms with Gasteiger partial charge in [-0.15, -0.1) is 0 Å². The molecule has 4 aliphatic rings. The Morgan fingerprint density at radius 1 is 0.846 bits per heavy atom. The van der Waals surface area contributed by atoms with Gasteiger partial charge in [-0.3, -0.25) is 24.1 Å². The molecular formula is C51H81NO13. The van der Waals surface area contributed by atoms with E-state index in [0.717, 1.165) is 12.0 Å². The first-order valence-electron chi connectivity index (χ1n) is 24.1. The van der Waals surface area contributed by atoms with Gasteiger partial charge in [0.05, 0.1) is 24.4 Å². The predicted octanol–water partition coefficient (Wildman–Crippen LogP) is 5.97. The highest BCUT2D eigenvalue weighted by molar-refractivity contribution is 5.90. The van der Waals surface area contributed by atoms with Crippen molar-refractivity contribution in [3.8, 4) is 0 Å². The van der Waals surface area contributed by atoms with Crippen LogP contribution >= 0.6 is 0 Å². The van der Waals surface area contributed by atoms with Gasteiger partial charge in [0.2, 0.25) is 11.6 Å². The van der Waals surface area contributed by atoms with E-state index in [0.29, 0.717) is 63.4 Å². The molecule has 0 aromatic heterocycles. The Hall–Kier alpha value is -2.92. The van der Waals surface area contributed by atoms with E-state index in [9.17, 15) is 39.6 Å². The molecule has 2 bridgehead atoms. The number of hydrogen-bond donors (Lipinski definition) is 4. The SMILES string of the molecule is CO[C@H]1C[C@@H]2CC[C@@H](C)[C@@](O)(O2)C(=O)C(O)N2CCCC[C@H]2C(=O)O[C@H]([C@H](C)C[C@@H]2CC[C@@H](O)[C@H](OC)C2)CC(=O)[C@H](C)/C=C(\C)[C@@H](O)[C@@H](OC)C(=O)[C@H](C)C[C@H](C)/C=C/C=C/C=C/1C. The topological polar surface area (TPSA) is 199 Å². The van der Waals surface area contributed by atoms with Gasteiger partial charge in [-0.1, -0.05) is 77.5 Å². The van der Waals surface area contributed by atoms with E-state index >= 15 is 0 Å². The summed E-state index contributed by atoms with van der Waals surface area (Å²) in [4.78, 5) is 57.9. The van der Waals surface area contributed by atoms with Crippen LogP contribution in [-0.4, -0.2) is 137 Å². The summed E-state index contributed by atoms with van der Waals surface area (Å²) in [6.45, 7) is 12.9. The summed E-state index contributed by atoms with van der Waals surface area (Å²) in [5, 5.41) is 45.7. The average molecular weight is 916 g/mol. The minimum Gasteiger partial charge on any atom is -0.460 e. The van der Waals surface area contributed by atoms with Crippen molar-refractivity contribution in [3.05, 3.63) is 47.6 Å². The molecule has 3 fully saturated rings. The van der Waals surface area contributed by atoms with Crippen LogP contribution in [0.15, 0.2) is 47.6 Å². The second-order valence-corrected chi connectivity index (χ2v) is 19.7. The number of fused-ring (bicyclic) bond motifs is 3. The quantitative estimate of drug-likeness (QED) is 0.180. The Morgan fingerprint density at radius 3 is 2.25 bits per heavy atom. The van der Waals surface area contributed by atoms with Crippen LogP contribution in [0.3, 0.4) is 0 Å². The Labute approximate surface area is 387 Å². The highest BCUT2D eigenvalue weighted by Gasteiger charge is 2.53. The summed E-state index contributed by atoms with van der Waals surface area (Å²) < 4.78 is 29.5. The number of aliphatic hydroxyl groups is 4. The molecule has 0 amide bonds. The number of Topliss-reactive ketones (excluding diaryl/α,β-unsaturated/α-hetero) is 3. The molecule has 3 heterocycles. The maximum atomic E-state index is 14.4. The van der Waals surface area contributed by atoms with Crippen molar-refractivity contribution in [1.82, 2.24) is 4.90 Å². The number of aliphatic hydroxyl groups excluding tert-OH is 3. The number of piperidine rings is 1. The normalized spacial score (nSPS) is 41.8. The zero-order valence-corrected chi connectivity index (χ0v) is 40.7. The van der Waals surface area contributed by atoms with Crippen LogP contribution in [0, 0.1) is 35.5 Å². The number of nitrogens with zero attached hydrogens (tertiary/aromatic N) is 1. The van der Waals surface area contributed by atoms with Crippen LogP contribution in [0.2, 0.25) is 0 Å². The first kappa shape index (κ1) is 54.7. The largest absolute Gasteiger partial charge is 0.460 e. The van der Waals surface area contributed by atoms with E-state index in [4.69, 9.17) is 23.7 Å². The molecule has 368 valence electrons. The second-order valence-electron chi connectivity index (χ2n) is 19.7. The number of carbonyl (C=O) groups excluding carboxylic acids is 4. The van der Waals surface area contributed by atoms with Crippen LogP contribution in [0.25, 0.3) is 0 Å². The molecule has 1 unspecified atom stereocenters. The lowest BCUT2D eigenvalue weighted by Gasteiger charge is -2.45. The number of esters is 1. The number of ether oxygens (including phenoxy) is 5. The molecule has 14 nitrogen and oxygen atoms in total. The fourth-order valence-corrected chi connectivity index (χ4v) is 10.3. The van der Waals surface area contributed by atoms with Gasteiger partial charge in [0.1, 0.15) is 30.1 Å². The zero-order chi connectivity index (χ0) is 48.2. The Bertz CT molecular complexity index is 1710. The summed E-state index contributed by atoms with van der Waals surface area (Å²) in [5.41, 5.74) is 1.29. The van der Waals surface area contributed by atoms with Crippen LogP contribution in [0.4, 0.5) is 0 Å². The molecular weight excluding hydrogens is 835 g/mol. The van der Waals surface area contributed by atoms with Gasteiger partial charge in [0, 0.05) is 58.5 Å². The summed E-state index contributed by atoms with van der Waals surface area (Å²) >= 11 is 0. The molecule has 1 saturated carbocycles. The number of allylic oxidation sites excluding steroid dienone is 6. The van der Waals surface area contributed by atoms with Crippen molar-refractivity contribution in [2.24, 2.45) is 35.5 Å². The average Bonchev–Trinajstić information content (AvgIpc) is 3.28. The van der Waals surface area contributed by atoms with Crippen molar-refractivity contribution in [2.75, 3.05) is 27.9 Å². The van der Waals surface area contributed by atoms with E-state index in [1.165, 1.54) is 12.0 Å². The van der Waals surface area contributed by atoms with Crippen molar-refractivity contribution < 1.29 is 63.3 Å². The van der Waals surface area contributed by atoms with E-state index in [2.05, 4.69) is 0 Å². The fourth-order valence-electron chi connectivity index (χ4n) is 10.3. The molecule has 16 atom stereocenters. The van der Waals surface area contributed by atoms with E-state index in [-0.39, 0.29) is 54.8 Å². The third-order valence-corrected chi connectivity index (χ3v) is 14.6. The van der Waals surface area contributed by atoms with Crippen LogP contribution < -0.4 is 0 Å². The van der Waals surface area contributed by atoms with E-state index in [1.807, 2.05) is 58.1 Å². The molecule has 0 aromatic carbocycles. The lowest BCUT2D eigenvalue weighted by atomic mass is 9.78. The number of ketones is 3. The highest BCUT2D eigenvalue weighted by Crippen LogP contribution is 2.38. The van der Waals surface area contributed by atoms with Crippen molar-refractivity contribution in [1.29, 1.82) is 0 Å². The van der Waals surface area contributed by atoms with Crippen molar-refractivity contribution >= 4 is 23.3 Å². The first-order chi connectivity index (χ1) is 30.7. The van der Waals surface area contributed by atoms with Gasteiger partial charge in [-0.2, -0.15) is 0 Å². The van der Waals surface area contributed by atoms with Gasteiger partial charge in [0.15, 0.2) is 12.0 Å². The number of methoxy groups -OCH3 is 3. The monoisotopic (exact) mass is 916 g/mol. The summed E-state index contributed by atoms with van der Waals surface area (Å²) in [5.74, 6) is -6.43. The number of carbonyl (C=O) groups is 4. The Kier molecular flexibility index (Phi) is 21.4. The highest BCUT2D eigenvalue weighted by atomic mass is 16.6. The number of hydrogen-bond acceptors (Lipinski definition) is 14. The van der Waals surface area contributed by atoms with Gasteiger partial charge in [-0.25, -0.2) is 0 Å². The molecule has 1 aliphatic carbocycles. The van der Waals surface area contributed by atoms with E-state index in [1.54, 1.807) is 41.1 Å². The van der Waals surface area contributed by atoms with Crippen molar-refractivity contribution in [3.63, 3.8) is 0 Å². The standard InChI is InChI=1S/C51H81NO13/c1-30-16-12-11-13-17-31(2)42(61-8)28-38-21-19-36(7)51(60,65-38)48(57)49(58)52-23-15-14-18-39(52)50(59)64-43(33(4)26-37-20-22-40(53)44(27-37)62-9)29-41(54)32(3)25-35(6)46(56)47(63-10)45(55)34(5)24-30/h11-13,16-17,25,30,32-34,36-40,42-44,46-47,49,53,56,58,60H,14-15,18-24,26-29H2,1-10H3/b13-11+,16-12+,31-17+,35-25+/t30-,32-,33-,34-,36-,37+,38+,39+,40-,42+,43+,44-,46-,47+,49?,51-/m1/s1. The molecule has 3 aliphatic heterocycles. The molecule has 4 N–H and O–H groups in total. The zero-order valence-electron chi connectivity index (χ0n) is 40.7. The molecule has 0 aromatic rings. The van der Waals surface area contributed by atoms with Gasteiger partial charge >= 0.3 is 5.97 Å². The van der Waals surface area contributed by atoms with Crippen LogP contribution in [-0.2, 0) is 42.9 Å². The van der Waals surface area contributed by atoms with Gasteiger partial charge < -0.3 is 44.1 Å². The fraction of sp³-hybridized carbons (Fsp3) is 0.765. The summed E-state index contributed by atoms with van der Waals surface area (Å²) in [6.07, 6.45) is 9.84. The predicted molar refractivity (Wildman–Crippen MR) is 246 cm³/mol. The third-order valence-electron chi connectivity index (χ3n) is 14.6. The first-order valence-corrected chi connectivity index (χ1v) is 24.1. The molecule has 14 heteroatoms. The molecule has 2 saturated heterocycles. The maximum Gasteiger partial charge on any atom is 0.323 e. The molecule has 65 heavy (non-hydrogen) atoms. The number of rotatable bonds is 6. The van der Waals surface area contributed by atoms with E-state index < -0.39 is 84.2 Å². The summed E-state index contributed by atoms with van der Waals surface area (Å²) in [7, 11) is 4.55. The van der Waals surface area contributed by atoms with Gasteiger partial charge in [0.25, 0.3) is 0 Å². The Morgan fingerprint density at radius 2 is 1.57 bits per heavy atom. The number of cyclic esters (lactones) is 1. The minimum atomic E-state index is -2.33. The molecule has 0 radical (unpaired) electrons. The lowest BCUT2D eigenvalue weighted by molar-refractivity contribution is -0.275. The van der Waals surface area contributed by atoms with Crippen molar-refractivity contribution in [2.45, 2.75) is 186 Å². The maximum absolute atomic E-state index is 14.4.